The van der Waals surface area contributed by atoms with E-state index in [2.05, 4.69) is 47.6 Å². The van der Waals surface area contributed by atoms with Crippen LogP contribution in [-0.2, 0) is 9.53 Å². The summed E-state index contributed by atoms with van der Waals surface area (Å²) in [4.78, 5) is 11.5. The molecular weight excluding hydrogens is 392 g/mol. The van der Waals surface area contributed by atoms with Crippen molar-refractivity contribution >= 4 is 5.97 Å². The fourth-order valence-corrected chi connectivity index (χ4v) is 8.85. The molecule has 0 saturated heterocycles. The minimum atomic E-state index is -0.104. The summed E-state index contributed by atoms with van der Waals surface area (Å²) in [6.07, 6.45) is 15.9. The minimum absolute atomic E-state index is 0.104. The largest absolute Gasteiger partial charge is 0.463 e. The molecule has 2 nitrogen and oxygen atoms in total. The summed E-state index contributed by atoms with van der Waals surface area (Å²) in [5.41, 5.74) is 2.79. The standard InChI is InChI=1S/C30H50O2/c1-19(2)20(3)8-9-21(4)26-12-13-27-25-11-10-23-18-24(32-22(5)31)14-16-29(23,6)28(25)15-17-30(26,27)7/h11,19-21,23-24,26-28H,8-10,12-18H2,1-7H3/t20-,21+,23-,24+,26-,27+,28+,29+,30-/m0/s1. The topological polar surface area (TPSA) is 26.3 Å². The van der Waals surface area contributed by atoms with Gasteiger partial charge in [-0.2, -0.15) is 0 Å². The highest BCUT2D eigenvalue weighted by Gasteiger charge is 2.58. The van der Waals surface area contributed by atoms with Crippen LogP contribution >= 0.6 is 0 Å². The van der Waals surface area contributed by atoms with Crippen molar-refractivity contribution in [1.82, 2.24) is 0 Å². The van der Waals surface area contributed by atoms with Gasteiger partial charge < -0.3 is 4.74 Å². The number of esters is 1. The summed E-state index contributed by atoms with van der Waals surface area (Å²) in [5, 5.41) is 0. The van der Waals surface area contributed by atoms with E-state index in [9.17, 15) is 4.79 Å². The second-order valence-corrected chi connectivity index (χ2v) is 13.3. The molecule has 3 saturated carbocycles. The van der Waals surface area contributed by atoms with Gasteiger partial charge in [0, 0.05) is 6.92 Å². The Hall–Kier alpha value is -0.790. The van der Waals surface area contributed by atoms with Gasteiger partial charge in [-0.15, -0.1) is 0 Å². The van der Waals surface area contributed by atoms with E-state index < -0.39 is 0 Å². The maximum absolute atomic E-state index is 11.5. The molecule has 3 fully saturated rings. The first-order valence-corrected chi connectivity index (χ1v) is 13.9. The number of hydrogen-bond donors (Lipinski definition) is 0. The van der Waals surface area contributed by atoms with Gasteiger partial charge in [0.1, 0.15) is 6.10 Å². The first-order chi connectivity index (χ1) is 15.1. The van der Waals surface area contributed by atoms with Crippen LogP contribution in [0.25, 0.3) is 0 Å². The molecule has 32 heavy (non-hydrogen) atoms. The van der Waals surface area contributed by atoms with Crippen LogP contribution in [0.4, 0.5) is 0 Å². The Morgan fingerprint density at radius 3 is 2.38 bits per heavy atom. The molecule has 0 radical (unpaired) electrons. The van der Waals surface area contributed by atoms with E-state index in [1.54, 1.807) is 6.92 Å². The summed E-state index contributed by atoms with van der Waals surface area (Å²) in [6, 6.07) is 0. The maximum atomic E-state index is 11.5. The predicted octanol–water partition coefficient (Wildman–Crippen LogP) is 8.21. The third-order valence-corrected chi connectivity index (χ3v) is 11.3. The predicted molar refractivity (Wildman–Crippen MR) is 133 cm³/mol. The van der Waals surface area contributed by atoms with Crippen LogP contribution in [0.2, 0.25) is 0 Å². The van der Waals surface area contributed by atoms with E-state index in [1.807, 2.05) is 5.57 Å². The summed E-state index contributed by atoms with van der Waals surface area (Å²) >= 11 is 0. The fraction of sp³-hybridized carbons (Fsp3) is 0.900. The van der Waals surface area contributed by atoms with Crippen LogP contribution in [0, 0.1) is 52.3 Å². The Balaban J connectivity index is 1.47. The van der Waals surface area contributed by atoms with Gasteiger partial charge in [-0.05, 0) is 104 Å². The average molecular weight is 443 g/mol. The maximum Gasteiger partial charge on any atom is 0.302 e. The number of allylic oxidation sites excluding steroid dienone is 2. The van der Waals surface area contributed by atoms with Gasteiger partial charge in [0.25, 0.3) is 0 Å². The molecule has 182 valence electrons. The lowest BCUT2D eigenvalue weighted by Gasteiger charge is -2.58. The third kappa shape index (κ3) is 4.22. The normalized spacial score (nSPS) is 43.0. The van der Waals surface area contributed by atoms with Gasteiger partial charge in [0.15, 0.2) is 0 Å². The zero-order valence-electron chi connectivity index (χ0n) is 22.1. The lowest BCUT2D eigenvalue weighted by molar-refractivity contribution is -0.152. The van der Waals surface area contributed by atoms with Crippen molar-refractivity contribution in [1.29, 1.82) is 0 Å². The summed E-state index contributed by atoms with van der Waals surface area (Å²) in [6.45, 7) is 16.6. The number of hydrogen-bond acceptors (Lipinski definition) is 2. The highest BCUT2D eigenvalue weighted by molar-refractivity contribution is 5.66. The Morgan fingerprint density at radius 1 is 1.00 bits per heavy atom. The second kappa shape index (κ2) is 9.10. The van der Waals surface area contributed by atoms with Gasteiger partial charge in [-0.3, -0.25) is 4.79 Å². The molecule has 0 bridgehead atoms. The smallest absolute Gasteiger partial charge is 0.302 e. The zero-order valence-corrected chi connectivity index (χ0v) is 22.1. The van der Waals surface area contributed by atoms with Crippen molar-refractivity contribution in [3.05, 3.63) is 11.6 Å². The molecule has 0 aromatic heterocycles. The van der Waals surface area contributed by atoms with Crippen LogP contribution in [0.3, 0.4) is 0 Å². The summed E-state index contributed by atoms with van der Waals surface area (Å²) in [5.74, 6) is 5.58. The molecule has 0 aliphatic heterocycles. The molecule has 0 unspecified atom stereocenters. The molecule has 2 heteroatoms. The van der Waals surface area contributed by atoms with Crippen LogP contribution in [0.1, 0.15) is 113 Å². The van der Waals surface area contributed by atoms with E-state index in [4.69, 9.17) is 4.74 Å². The van der Waals surface area contributed by atoms with E-state index >= 15 is 0 Å². The van der Waals surface area contributed by atoms with Gasteiger partial charge in [0.2, 0.25) is 0 Å². The van der Waals surface area contributed by atoms with E-state index in [0.29, 0.717) is 16.7 Å². The van der Waals surface area contributed by atoms with Crippen LogP contribution in [0.15, 0.2) is 11.6 Å². The first kappa shape index (κ1) is 24.3. The quantitative estimate of drug-likeness (QED) is 0.306. The molecule has 0 heterocycles. The summed E-state index contributed by atoms with van der Waals surface area (Å²) < 4.78 is 5.64. The number of carbonyl (C=O) groups is 1. The number of rotatable bonds is 6. The molecule has 0 aromatic rings. The van der Waals surface area contributed by atoms with E-state index in [0.717, 1.165) is 48.3 Å². The Morgan fingerprint density at radius 2 is 1.69 bits per heavy atom. The van der Waals surface area contributed by atoms with Gasteiger partial charge in [0.05, 0.1) is 0 Å². The molecule has 0 amide bonds. The van der Waals surface area contributed by atoms with Gasteiger partial charge in [-0.25, -0.2) is 0 Å². The van der Waals surface area contributed by atoms with Gasteiger partial charge in [-0.1, -0.05) is 66.0 Å². The van der Waals surface area contributed by atoms with Crippen molar-refractivity contribution in [2.45, 2.75) is 119 Å². The number of carbonyl (C=O) groups excluding carboxylic acids is 1. The highest BCUT2D eigenvalue weighted by atomic mass is 16.5. The Bertz CT molecular complexity index is 722. The van der Waals surface area contributed by atoms with E-state index in [1.165, 1.54) is 51.4 Å². The van der Waals surface area contributed by atoms with Crippen molar-refractivity contribution in [2.24, 2.45) is 52.3 Å². The molecule has 0 N–H and O–H groups in total. The summed E-state index contributed by atoms with van der Waals surface area (Å²) in [7, 11) is 0. The zero-order chi connectivity index (χ0) is 23.3. The number of ether oxygens (including phenoxy) is 1. The van der Waals surface area contributed by atoms with Gasteiger partial charge >= 0.3 is 5.97 Å². The second-order valence-electron chi connectivity index (χ2n) is 13.3. The highest BCUT2D eigenvalue weighted by Crippen LogP contribution is 2.67. The van der Waals surface area contributed by atoms with Crippen molar-refractivity contribution in [2.75, 3.05) is 0 Å². The molecule has 4 aliphatic carbocycles. The van der Waals surface area contributed by atoms with Crippen molar-refractivity contribution in [3.63, 3.8) is 0 Å². The molecular formula is C30H50O2. The first-order valence-electron chi connectivity index (χ1n) is 13.9. The van der Waals surface area contributed by atoms with Crippen LogP contribution < -0.4 is 0 Å². The SMILES string of the molecule is CC(=O)O[C@@H]1CC[C@]2(C)[C@@H](CC=C3[C@H]2CC[C@]2(C)[C@@H]3CC[C@H]2[C@H](C)CC[C@H](C)C(C)C)C1. The lowest BCUT2D eigenvalue weighted by Crippen LogP contribution is -2.50. The molecule has 0 spiro atoms. The van der Waals surface area contributed by atoms with Crippen molar-refractivity contribution < 1.29 is 9.53 Å². The molecule has 0 aromatic carbocycles. The van der Waals surface area contributed by atoms with E-state index in [-0.39, 0.29) is 12.1 Å². The molecule has 4 aliphatic rings. The number of fused-ring (bicyclic) bond motifs is 5. The van der Waals surface area contributed by atoms with Crippen molar-refractivity contribution in [3.8, 4) is 0 Å². The molecule has 9 atom stereocenters. The van der Waals surface area contributed by atoms with Crippen LogP contribution in [0.5, 0.6) is 0 Å². The molecule has 4 rings (SSSR count). The minimum Gasteiger partial charge on any atom is -0.463 e. The Kier molecular flexibility index (Phi) is 6.92. The Labute approximate surface area is 198 Å². The lowest BCUT2D eigenvalue weighted by atomic mass is 9.47. The monoisotopic (exact) mass is 442 g/mol. The average Bonchev–Trinajstić information content (AvgIpc) is 3.08. The third-order valence-electron chi connectivity index (χ3n) is 11.3. The van der Waals surface area contributed by atoms with Crippen LogP contribution in [-0.4, -0.2) is 12.1 Å². The fourth-order valence-electron chi connectivity index (χ4n) is 8.85.